The number of fused-ring (bicyclic) bond motifs is 1. The number of carbonyl (C=O) groups excluding carboxylic acids is 1. The molecule has 1 saturated heterocycles. The predicted octanol–water partition coefficient (Wildman–Crippen LogP) is 3.25. The van der Waals surface area contributed by atoms with Crippen molar-refractivity contribution in [1.82, 2.24) is 25.2 Å². The number of H-pyrrole nitrogens is 1. The molecule has 1 aliphatic rings. The van der Waals surface area contributed by atoms with Gasteiger partial charge in [0.1, 0.15) is 17.8 Å². The van der Waals surface area contributed by atoms with Crippen LogP contribution in [0.4, 0.5) is 10.6 Å². The Morgan fingerprint density at radius 1 is 1.25 bits per heavy atom. The summed E-state index contributed by atoms with van der Waals surface area (Å²) in [6, 6.07) is 10.1. The van der Waals surface area contributed by atoms with E-state index in [4.69, 9.17) is 0 Å². The molecule has 146 valence electrons. The minimum absolute atomic E-state index is 0.0193. The maximum Gasteiger partial charge on any atom is 0.318 e. The largest absolute Gasteiger partial charge is 0.352 e. The lowest BCUT2D eigenvalue weighted by Crippen LogP contribution is -2.57. The molecule has 3 aromatic rings. The molecule has 4 rings (SSSR count). The van der Waals surface area contributed by atoms with Gasteiger partial charge >= 0.3 is 6.03 Å². The average Bonchev–Trinajstić information content (AvgIpc) is 3.09. The number of hydrogen-bond donors (Lipinski definition) is 2. The van der Waals surface area contributed by atoms with E-state index in [1.807, 2.05) is 48.4 Å². The Hall–Kier alpha value is -3.09. The van der Waals surface area contributed by atoms with Gasteiger partial charge in [0.05, 0.1) is 11.4 Å². The van der Waals surface area contributed by atoms with Gasteiger partial charge in [-0.1, -0.05) is 30.3 Å². The van der Waals surface area contributed by atoms with Gasteiger partial charge in [0, 0.05) is 31.9 Å². The van der Waals surface area contributed by atoms with E-state index in [0.717, 1.165) is 41.1 Å². The van der Waals surface area contributed by atoms with Crippen LogP contribution in [0.3, 0.4) is 0 Å². The summed E-state index contributed by atoms with van der Waals surface area (Å²) >= 11 is 0. The zero-order valence-electron chi connectivity index (χ0n) is 16.5. The monoisotopic (exact) mass is 378 g/mol. The molecule has 0 aliphatic carbocycles. The van der Waals surface area contributed by atoms with Gasteiger partial charge in [0.15, 0.2) is 0 Å². The lowest BCUT2D eigenvalue weighted by atomic mass is 10.1. The SMILES string of the molecule is Cc1c[nH]c2ncnc(N3CCN(C(=O)N[C@H](C)c4ccccc4)[C@@H](C)C3)c12. The zero-order chi connectivity index (χ0) is 19.7. The molecule has 2 N–H and O–H groups in total. The summed E-state index contributed by atoms with van der Waals surface area (Å²) in [5.41, 5.74) is 3.09. The summed E-state index contributed by atoms with van der Waals surface area (Å²) in [4.78, 5) is 29.0. The van der Waals surface area contributed by atoms with Gasteiger partial charge in [-0.15, -0.1) is 0 Å². The first-order valence-electron chi connectivity index (χ1n) is 9.70. The van der Waals surface area contributed by atoms with Crippen molar-refractivity contribution in [3.8, 4) is 0 Å². The number of anilines is 1. The van der Waals surface area contributed by atoms with Crippen LogP contribution in [0, 0.1) is 6.92 Å². The molecule has 1 fully saturated rings. The molecule has 3 heterocycles. The fourth-order valence-corrected chi connectivity index (χ4v) is 3.88. The van der Waals surface area contributed by atoms with Crippen molar-refractivity contribution < 1.29 is 4.79 Å². The number of aromatic amines is 1. The molecule has 2 amide bonds. The number of nitrogens with one attached hydrogen (secondary N) is 2. The van der Waals surface area contributed by atoms with Gasteiger partial charge in [-0.05, 0) is 31.9 Å². The molecule has 0 unspecified atom stereocenters. The molecule has 7 heteroatoms. The molecule has 2 atom stereocenters. The van der Waals surface area contributed by atoms with Gasteiger partial charge in [-0.2, -0.15) is 0 Å². The smallest absolute Gasteiger partial charge is 0.318 e. The standard InChI is InChI=1S/C21H26N6O/c1-14-11-22-19-18(14)20(24-13-23-19)26-9-10-27(15(2)12-26)21(28)25-16(3)17-7-5-4-6-8-17/h4-8,11,13,15-16H,9-10,12H2,1-3H3,(H,25,28)(H,22,23,24)/t15-,16+/m0/s1. The van der Waals surface area contributed by atoms with Crippen molar-refractivity contribution in [3.05, 3.63) is 54.0 Å². The minimum Gasteiger partial charge on any atom is -0.352 e. The maximum absolute atomic E-state index is 12.8. The number of nitrogens with zero attached hydrogens (tertiary/aromatic N) is 4. The summed E-state index contributed by atoms with van der Waals surface area (Å²) < 4.78 is 0. The van der Waals surface area contributed by atoms with Crippen LogP contribution < -0.4 is 10.2 Å². The third kappa shape index (κ3) is 3.40. The van der Waals surface area contributed by atoms with E-state index in [0.29, 0.717) is 6.54 Å². The number of carbonyl (C=O) groups is 1. The van der Waals surface area contributed by atoms with Gasteiger partial charge in [-0.25, -0.2) is 14.8 Å². The normalized spacial score (nSPS) is 18.3. The van der Waals surface area contributed by atoms with Crippen LogP contribution in [-0.2, 0) is 0 Å². The van der Waals surface area contributed by atoms with Crippen LogP contribution in [-0.4, -0.2) is 51.6 Å². The van der Waals surface area contributed by atoms with E-state index in [9.17, 15) is 4.79 Å². The lowest BCUT2D eigenvalue weighted by molar-refractivity contribution is 0.168. The second-order valence-electron chi connectivity index (χ2n) is 7.46. The molecular weight excluding hydrogens is 352 g/mol. The molecule has 28 heavy (non-hydrogen) atoms. The number of benzene rings is 1. The van der Waals surface area contributed by atoms with E-state index in [2.05, 4.69) is 39.0 Å². The second kappa shape index (κ2) is 7.50. The van der Waals surface area contributed by atoms with E-state index in [-0.39, 0.29) is 18.1 Å². The topological polar surface area (TPSA) is 77.2 Å². The Bertz CT molecular complexity index is 969. The Balaban J connectivity index is 1.45. The fraction of sp³-hybridized carbons (Fsp3) is 0.381. The van der Waals surface area contributed by atoms with Crippen LogP contribution in [0.2, 0.25) is 0 Å². The first-order valence-corrected chi connectivity index (χ1v) is 9.70. The molecule has 1 aliphatic heterocycles. The van der Waals surface area contributed by atoms with Crippen molar-refractivity contribution >= 4 is 22.9 Å². The van der Waals surface area contributed by atoms with E-state index < -0.39 is 0 Å². The number of rotatable bonds is 3. The Morgan fingerprint density at radius 3 is 2.79 bits per heavy atom. The summed E-state index contributed by atoms with van der Waals surface area (Å²) in [5.74, 6) is 0.938. The Kier molecular flexibility index (Phi) is 4.90. The van der Waals surface area contributed by atoms with Crippen molar-refractivity contribution in [3.63, 3.8) is 0 Å². The van der Waals surface area contributed by atoms with Crippen LogP contribution in [0.25, 0.3) is 11.0 Å². The molecule has 2 aromatic heterocycles. The van der Waals surface area contributed by atoms with Crippen molar-refractivity contribution in [2.75, 3.05) is 24.5 Å². The molecule has 0 spiro atoms. The first-order chi connectivity index (χ1) is 13.5. The number of piperazine rings is 1. The maximum atomic E-state index is 12.8. The van der Waals surface area contributed by atoms with Crippen molar-refractivity contribution in [1.29, 1.82) is 0 Å². The van der Waals surface area contributed by atoms with Gasteiger partial charge in [0.25, 0.3) is 0 Å². The Morgan fingerprint density at radius 2 is 2.04 bits per heavy atom. The number of hydrogen-bond acceptors (Lipinski definition) is 4. The van der Waals surface area contributed by atoms with Gasteiger partial charge in [0.2, 0.25) is 0 Å². The highest BCUT2D eigenvalue weighted by Crippen LogP contribution is 2.27. The summed E-state index contributed by atoms with van der Waals surface area (Å²) in [5, 5.41) is 4.18. The van der Waals surface area contributed by atoms with Crippen molar-refractivity contribution in [2.45, 2.75) is 32.9 Å². The highest BCUT2D eigenvalue weighted by atomic mass is 16.2. The summed E-state index contributed by atoms with van der Waals surface area (Å²) in [7, 11) is 0. The van der Waals surface area contributed by atoms with Crippen LogP contribution >= 0.6 is 0 Å². The number of urea groups is 1. The highest BCUT2D eigenvalue weighted by Gasteiger charge is 2.30. The lowest BCUT2D eigenvalue weighted by Gasteiger charge is -2.40. The van der Waals surface area contributed by atoms with Gasteiger partial charge in [-0.3, -0.25) is 0 Å². The van der Waals surface area contributed by atoms with E-state index in [1.165, 1.54) is 0 Å². The number of aromatic nitrogens is 3. The molecule has 0 bridgehead atoms. The number of aryl methyl sites for hydroxylation is 1. The molecule has 0 radical (unpaired) electrons. The van der Waals surface area contributed by atoms with Crippen LogP contribution in [0.1, 0.15) is 31.0 Å². The third-order valence-electron chi connectivity index (χ3n) is 5.47. The Labute approximate surface area is 164 Å². The van der Waals surface area contributed by atoms with E-state index >= 15 is 0 Å². The first kappa shape index (κ1) is 18.3. The summed E-state index contributed by atoms with van der Waals surface area (Å²) in [6.07, 6.45) is 3.56. The van der Waals surface area contributed by atoms with Crippen LogP contribution in [0.5, 0.6) is 0 Å². The fourth-order valence-electron chi connectivity index (χ4n) is 3.88. The third-order valence-corrected chi connectivity index (χ3v) is 5.47. The minimum atomic E-state index is -0.0251. The van der Waals surface area contributed by atoms with Gasteiger partial charge < -0.3 is 20.1 Å². The highest BCUT2D eigenvalue weighted by molar-refractivity contribution is 5.90. The van der Waals surface area contributed by atoms with Crippen LogP contribution in [0.15, 0.2) is 42.9 Å². The zero-order valence-corrected chi connectivity index (χ0v) is 16.5. The average molecular weight is 378 g/mol. The number of amides is 2. The van der Waals surface area contributed by atoms with Crippen molar-refractivity contribution in [2.24, 2.45) is 0 Å². The molecule has 1 aromatic carbocycles. The summed E-state index contributed by atoms with van der Waals surface area (Å²) in [6.45, 7) is 8.30. The molecule has 0 saturated carbocycles. The second-order valence-corrected chi connectivity index (χ2v) is 7.46. The van der Waals surface area contributed by atoms with E-state index in [1.54, 1.807) is 6.33 Å². The molecule has 7 nitrogen and oxygen atoms in total. The predicted molar refractivity (Wildman–Crippen MR) is 110 cm³/mol. The molecular formula is C21H26N6O. The quantitative estimate of drug-likeness (QED) is 0.733.